The number of para-hydroxylation sites is 2. The third kappa shape index (κ3) is 6.04. The number of anilines is 3. The fourth-order valence-electron chi connectivity index (χ4n) is 9.58. The number of fused-ring (bicyclic) bond motifs is 9. The van der Waals surface area contributed by atoms with E-state index in [1.807, 2.05) is 0 Å². The van der Waals surface area contributed by atoms with Gasteiger partial charge in [0.05, 0.1) is 11.0 Å². The molecule has 2 nitrogen and oxygen atoms in total. The quantitative estimate of drug-likeness (QED) is 0.146. The Morgan fingerprint density at radius 3 is 1.19 bits per heavy atom. The molecule has 0 amide bonds. The third-order valence-corrected chi connectivity index (χ3v) is 12.6. The van der Waals surface area contributed by atoms with Crippen LogP contribution in [0, 0.1) is 0 Å². The van der Waals surface area contributed by atoms with Crippen LogP contribution in [0.25, 0.3) is 93.2 Å². The van der Waals surface area contributed by atoms with E-state index in [9.17, 15) is 0 Å². The number of aromatic nitrogens is 1. The molecule has 62 heavy (non-hydrogen) atoms. The van der Waals surface area contributed by atoms with Crippen molar-refractivity contribution in [2.45, 2.75) is 0 Å². The summed E-state index contributed by atoms with van der Waals surface area (Å²) in [5, 5.41) is 10.2. The van der Waals surface area contributed by atoms with Gasteiger partial charge in [0.25, 0.3) is 0 Å². The average molecular weight is 789 g/mol. The Bertz CT molecular complexity index is 3550. The summed E-state index contributed by atoms with van der Waals surface area (Å²) < 4.78 is 2.40. The van der Waals surface area contributed by atoms with Gasteiger partial charge in [-0.1, -0.05) is 170 Å². The molecule has 1 aromatic heterocycles. The highest BCUT2D eigenvalue weighted by Crippen LogP contribution is 2.40. The first-order valence-electron chi connectivity index (χ1n) is 21.3. The molecule has 0 aliphatic rings. The fraction of sp³-hybridized carbons (Fsp3) is 0. The fourth-order valence-corrected chi connectivity index (χ4v) is 9.58. The molecule has 11 aromatic carbocycles. The van der Waals surface area contributed by atoms with Gasteiger partial charge in [0.2, 0.25) is 0 Å². The highest BCUT2D eigenvalue weighted by molar-refractivity contribution is 6.25. The van der Waals surface area contributed by atoms with Crippen molar-refractivity contribution in [1.29, 1.82) is 0 Å². The third-order valence-electron chi connectivity index (χ3n) is 12.6. The second kappa shape index (κ2) is 14.8. The van der Waals surface area contributed by atoms with Crippen molar-refractivity contribution in [2.24, 2.45) is 0 Å². The van der Waals surface area contributed by atoms with Crippen LogP contribution in [0.15, 0.2) is 243 Å². The van der Waals surface area contributed by atoms with E-state index >= 15 is 0 Å². The van der Waals surface area contributed by atoms with Gasteiger partial charge in [-0.3, -0.25) is 0 Å². The van der Waals surface area contributed by atoms with Crippen LogP contribution in [0.3, 0.4) is 0 Å². The first kappa shape index (κ1) is 35.7. The minimum atomic E-state index is 1.11. The van der Waals surface area contributed by atoms with Gasteiger partial charge in [-0.05, 0) is 138 Å². The first-order chi connectivity index (χ1) is 30.7. The summed E-state index contributed by atoms with van der Waals surface area (Å²) >= 11 is 0. The maximum Gasteiger partial charge on any atom is 0.0541 e. The monoisotopic (exact) mass is 788 g/mol. The molecule has 0 unspecified atom stereocenters. The summed E-state index contributed by atoms with van der Waals surface area (Å²) in [5.41, 5.74) is 14.1. The summed E-state index contributed by atoms with van der Waals surface area (Å²) in [6, 6.07) is 88.3. The van der Waals surface area contributed by atoms with Crippen molar-refractivity contribution < 1.29 is 0 Å². The molecular formula is C60H40N2. The zero-order valence-electron chi connectivity index (χ0n) is 34.0. The molecule has 0 radical (unpaired) electrons. The molecule has 0 aliphatic carbocycles. The second-order valence-corrected chi connectivity index (χ2v) is 16.1. The lowest BCUT2D eigenvalue weighted by molar-refractivity contribution is 1.18. The van der Waals surface area contributed by atoms with Gasteiger partial charge >= 0.3 is 0 Å². The number of rotatable bonds is 7. The molecule has 2 heteroatoms. The van der Waals surface area contributed by atoms with Crippen molar-refractivity contribution in [3.63, 3.8) is 0 Å². The van der Waals surface area contributed by atoms with E-state index in [2.05, 4.69) is 252 Å². The van der Waals surface area contributed by atoms with Crippen molar-refractivity contribution in [3.05, 3.63) is 243 Å². The summed E-state index contributed by atoms with van der Waals surface area (Å²) in [6.45, 7) is 0. The molecule has 0 saturated heterocycles. The Kier molecular flexibility index (Phi) is 8.53. The molecule has 0 bridgehead atoms. The van der Waals surface area contributed by atoms with Crippen LogP contribution in [0.5, 0.6) is 0 Å². The minimum absolute atomic E-state index is 1.11. The molecular weight excluding hydrogens is 749 g/mol. The molecule has 0 fully saturated rings. The van der Waals surface area contributed by atoms with Crippen molar-refractivity contribution in [3.8, 4) is 39.1 Å². The van der Waals surface area contributed by atoms with Crippen LogP contribution >= 0.6 is 0 Å². The minimum Gasteiger partial charge on any atom is -0.311 e. The predicted molar refractivity (Wildman–Crippen MR) is 264 cm³/mol. The van der Waals surface area contributed by atoms with Gasteiger partial charge in [-0.15, -0.1) is 0 Å². The van der Waals surface area contributed by atoms with E-state index in [0.717, 1.165) is 22.7 Å². The van der Waals surface area contributed by atoms with Gasteiger partial charge < -0.3 is 9.47 Å². The van der Waals surface area contributed by atoms with E-state index in [1.54, 1.807) is 0 Å². The Balaban J connectivity index is 0.885. The van der Waals surface area contributed by atoms with Crippen LogP contribution in [0.2, 0.25) is 0 Å². The molecule has 12 rings (SSSR count). The first-order valence-corrected chi connectivity index (χ1v) is 21.3. The number of benzene rings is 11. The van der Waals surface area contributed by atoms with E-state index in [4.69, 9.17) is 0 Å². The van der Waals surface area contributed by atoms with Gasteiger partial charge in [-0.25, -0.2) is 0 Å². The van der Waals surface area contributed by atoms with Gasteiger partial charge in [-0.2, -0.15) is 0 Å². The molecule has 12 aromatic rings. The highest BCUT2D eigenvalue weighted by Gasteiger charge is 2.16. The molecule has 0 saturated carbocycles. The standard InChI is InChI=1S/C60H40N2/c1-3-13-41(14-4-1)42-23-31-48(32-24-42)61(47-15-5-2-6-16-47)49-33-25-44(26-34-49)46-30-38-60-58(40-46)56-21-11-12-22-59(56)62(60)50-35-27-43(28-36-50)45-29-37-55-53-19-8-7-17-51(53)52-18-9-10-20-54(52)57(55)39-45/h1-40H. The SMILES string of the molecule is c1ccc(-c2ccc(N(c3ccccc3)c3ccc(-c4ccc5c(c4)c4ccccc4n5-c4ccc(-c5ccc6c7ccccc7c7ccccc7c6c5)cc4)cc3)cc2)cc1. The van der Waals surface area contributed by atoms with Crippen molar-refractivity contribution in [1.82, 2.24) is 4.57 Å². The van der Waals surface area contributed by atoms with E-state index in [0.29, 0.717) is 0 Å². The summed E-state index contributed by atoms with van der Waals surface area (Å²) in [5.74, 6) is 0. The largest absolute Gasteiger partial charge is 0.311 e. The molecule has 1 heterocycles. The smallest absolute Gasteiger partial charge is 0.0541 e. The Labute approximate surface area is 360 Å². The van der Waals surface area contributed by atoms with Crippen LogP contribution < -0.4 is 4.90 Å². The summed E-state index contributed by atoms with van der Waals surface area (Å²) in [4.78, 5) is 2.32. The average Bonchev–Trinajstić information content (AvgIpc) is 3.69. The molecule has 0 N–H and O–H groups in total. The Morgan fingerprint density at radius 2 is 0.597 bits per heavy atom. The number of hydrogen-bond acceptors (Lipinski definition) is 1. The Hall–Kier alpha value is -8.20. The van der Waals surface area contributed by atoms with Gasteiger partial charge in [0, 0.05) is 33.5 Å². The topological polar surface area (TPSA) is 8.17 Å². The van der Waals surface area contributed by atoms with Crippen LogP contribution in [0.4, 0.5) is 17.1 Å². The molecule has 0 atom stereocenters. The Morgan fingerprint density at radius 1 is 0.226 bits per heavy atom. The van der Waals surface area contributed by atoms with E-state index < -0.39 is 0 Å². The van der Waals surface area contributed by atoms with E-state index in [-0.39, 0.29) is 0 Å². The summed E-state index contributed by atoms with van der Waals surface area (Å²) in [6.07, 6.45) is 0. The lowest BCUT2D eigenvalue weighted by Gasteiger charge is -2.26. The molecule has 290 valence electrons. The lowest BCUT2D eigenvalue weighted by atomic mass is 9.92. The second-order valence-electron chi connectivity index (χ2n) is 16.1. The molecule has 0 aliphatic heterocycles. The van der Waals surface area contributed by atoms with Crippen LogP contribution in [-0.4, -0.2) is 4.57 Å². The zero-order valence-corrected chi connectivity index (χ0v) is 34.0. The van der Waals surface area contributed by atoms with Gasteiger partial charge in [0.1, 0.15) is 0 Å². The summed E-state index contributed by atoms with van der Waals surface area (Å²) in [7, 11) is 0. The van der Waals surface area contributed by atoms with E-state index in [1.165, 1.54) is 87.5 Å². The van der Waals surface area contributed by atoms with Crippen molar-refractivity contribution >= 4 is 71.2 Å². The zero-order chi connectivity index (χ0) is 41.0. The van der Waals surface area contributed by atoms with Gasteiger partial charge in [0.15, 0.2) is 0 Å². The van der Waals surface area contributed by atoms with Crippen LogP contribution in [0.1, 0.15) is 0 Å². The highest BCUT2D eigenvalue weighted by atomic mass is 15.1. The number of hydrogen-bond donors (Lipinski definition) is 0. The maximum absolute atomic E-state index is 2.40. The van der Waals surface area contributed by atoms with Crippen LogP contribution in [-0.2, 0) is 0 Å². The van der Waals surface area contributed by atoms with Crippen molar-refractivity contribution in [2.75, 3.05) is 4.90 Å². The number of nitrogens with zero attached hydrogens (tertiary/aromatic N) is 2. The lowest BCUT2D eigenvalue weighted by Crippen LogP contribution is -2.09. The molecule has 0 spiro atoms. The maximum atomic E-state index is 2.40. The normalized spacial score (nSPS) is 11.5. The predicted octanol–water partition coefficient (Wildman–Crippen LogP) is 16.7.